The summed E-state index contributed by atoms with van der Waals surface area (Å²) in [7, 11) is 0. The van der Waals surface area contributed by atoms with Gasteiger partial charge in [0.1, 0.15) is 6.61 Å². The van der Waals surface area contributed by atoms with Gasteiger partial charge in [-0.15, -0.1) is 0 Å². The van der Waals surface area contributed by atoms with Crippen molar-refractivity contribution in [3.8, 4) is 0 Å². The molecule has 3 heterocycles. The lowest BCUT2D eigenvalue weighted by Crippen LogP contribution is -2.46. The van der Waals surface area contributed by atoms with E-state index in [4.69, 9.17) is 16.3 Å². The molecule has 2 amide bonds. The number of imide groups is 1. The Kier molecular flexibility index (Phi) is 6.04. The molecular formula is C24H28ClN3O3. The molecule has 2 aliphatic rings. The van der Waals surface area contributed by atoms with E-state index >= 15 is 0 Å². The van der Waals surface area contributed by atoms with Crippen molar-refractivity contribution in [3.63, 3.8) is 0 Å². The first-order chi connectivity index (χ1) is 14.7. The maximum Gasteiger partial charge on any atom is 0.416 e. The molecule has 0 saturated carbocycles. The third-order valence-electron chi connectivity index (χ3n) is 6.23. The maximum atomic E-state index is 13.7. The second-order valence-corrected chi connectivity index (χ2v) is 9.76. The van der Waals surface area contributed by atoms with E-state index in [1.165, 1.54) is 4.90 Å². The molecule has 1 unspecified atom stereocenters. The summed E-state index contributed by atoms with van der Waals surface area (Å²) in [4.78, 5) is 34.4. The number of likely N-dealkylation sites (tertiary alicyclic amines) is 1. The van der Waals surface area contributed by atoms with Crippen LogP contribution in [0.1, 0.15) is 37.9 Å². The molecule has 0 radical (unpaired) electrons. The summed E-state index contributed by atoms with van der Waals surface area (Å²) in [5.41, 5.74) is 1.79. The van der Waals surface area contributed by atoms with E-state index in [0.717, 1.165) is 11.3 Å². The van der Waals surface area contributed by atoms with Crippen LogP contribution in [0.15, 0.2) is 48.7 Å². The molecule has 1 aromatic heterocycles. The summed E-state index contributed by atoms with van der Waals surface area (Å²) in [6.07, 6.45) is 1.64. The van der Waals surface area contributed by atoms with E-state index < -0.39 is 6.09 Å². The third kappa shape index (κ3) is 4.60. The molecule has 3 atom stereocenters. The predicted octanol–water partition coefficient (Wildman–Crippen LogP) is 4.14. The number of amides is 2. The van der Waals surface area contributed by atoms with E-state index in [0.29, 0.717) is 24.5 Å². The van der Waals surface area contributed by atoms with Gasteiger partial charge in [0.15, 0.2) is 0 Å². The molecule has 0 aliphatic carbocycles. The van der Waals surface area contributed by atoms with Crippen molar-refractivity contribution in [1.29, 1.82) is 0 Å². The van der Waals surface area contributed by atoms with Gasteiger partial charge in [-0.25, -0.2) is 9.69 Å². The van der Waals surface area contributed by atoms with Gasteiger partial charge in [-0.2, -0.15) is 0 Å². The third-order valence-corrected chi connectivity index (χ3v) is 6.45. The fraction of sp³-hybridized carbons (Fsp3) is 0.458. The molecule has 2 aliphatic heterocycles. The van der Waals surface area contributed by atoms with Gasteiger partial charge in [-0.1, -0.05) is 41.9 Å². The number of ether oxygens (including phenoxy) is 1. The number of benzene rings is 1. The van der Waals surface area contributed by atoms with Crippen molar-refractivity contribution < 1.29 is 14.3 Å². The van der Waals surface area contributed by atoms with Crippen LogP contribution in [0.4, 0.5) is 4.79 Å². The summed E-state index contributed by atoms with van der Waals surface area (Å²) in [6, 6.07) is 13.2. The SMILES string of the molecule is CC(C)(C)N1C[C@@H](C(=O)N2C(=O)OCC2Cc2ccccc2)[C@H](c2ccc(Cl)cn2)C1. The van der Waals surface area contributed by atoms with Crippen molar-refractivity contribution >= 4 is 23.6 Å². The zero-order valence-electron chi connectivity index (χ0n) is 18.1. The highest BCUT2D eigenvalue weighted by atomic mass is 35.5. The van der Waals surface area contributed by atoms with Crippen LogP contribution in [-0.2, 0) is 16.0 Å². The summed E-state index contributed by atoms with van der Waals surface area (Å²) < 4.78 is 5.30. The minimum absolute atomic E-state index is 0.103. The second-order valence-electron chi connectivity index (χ2n) is 9.32. The molecule has 2 aromatic rings. The Bertz CT molecular complexity index is 943. The molecule has 0 bridgehead atoms. The van der Waals surface area contributed by atoms with Crippen LogP contribution in [0.2, 0.25) is 5.02 Å². The van der Waals surface area contributed by atoms with E-state index in [1.54, 1.807) is 12.3 Å². The number of aromatic nitrogens is 1. The van der Waals surface area contributed by atoms with E-state index in [1.807, 2.05) is 36.4 Å². The van der Waals surface area contributed by atoms with Gasteiger partial charge < -0.3 is 4.74 Å². The van der Waals surface area contributed by atoms with Crippen LogP contribution in [0.5, 0.6) is 0 Å². The van der Waals surface area contributed by atoms with Crippen molar-refractivity contribution in [2.45, 2.75) is 44.7 Å². The zero-order valence-corrected chi connectivity index (χ0v) is 18.9. The Balaban J connectivity index is 1.61. The minimum atomic E-state index is -0.553. The number of hydrogen-bond acceptors (Lipinski definition) is 5. The second kappa shape index (κ2) is 8.60. The first-order valence-electron chi connectivity index (χ1n) is 10.6. The number of nitrogens with zero attached hydrogens (tertiary/aromatic N) is 3. The van der Waals surface area contributed by atoms with Gasteiger partial charge in [0.2, 0.25) is 5.91 Å². The van der Waals surface area contributed by atoms with Crippen LogP contribution in [0.3, 0.4) is 0 Å². The summed E-state index contributed by atoms with van der Waals surface area (Å²) in [5, 5.41) is 0.559. The zero-order chi connectivity index (χ0) is 22.2. The lowest BCUT2D eigenvalue weighted by Gasteiger charge is -2.32. The molecule has 4 rings (SSSR count). The Morgan fingerprint density at radius 1 is 1.16 bits per heavy atom. The normalized spacial score (nSPS) is 24.5. The number of rotatable bonds is 4. The van der Waals surface area contributed by atoms with Crippen LogP contribution < -0.4 is 0 Å². The monoisotopic (exact) mass is 441 g/mol. The highest BCUT2D eigenvalue weighted by Crippen LogP contribution is 2.38. The molecular weight excluding hydrogens is 414 g/mol. The largest absolute Gasteiger partial charge is 0.447 e. The number of carbonyl (C=O) groups is 2. The molecule has 164 valence electrons. The molecule has 0 N–H and O–H groups in total. The molecule has 2 fully saturated rings. The number of halogens is 1. The van der Waals surface area contributed by atoms with Gasteiger partial charge >= 0.3 is 6.09 Å². The first kappa shape index (κ1) is 21.8. The predicted molar refractivity (Wildman–Crippen MR) is 119 cm³/mol. The van der Waals surface area contributed by atoms with Crippen LogP contribution in [-0.4, -0.2) is 58.1 Å². The van der Waals surface area contributed by atoms with Crippen molar-refractivity contribution in [3.05, 3.63) is 64.9 Å². The molecule has 7 heteroatoms. The Morgan fingerprint density at radius 2 is 1.90 bits per heavy atom. The van der Waals surface area contributed by atoms with E-state index in [2.05, 4.69) is 30.7 Å². The van der Waals surface area contributed by atoms with Crippen LogP contribution in [0, 0.1) is 5.92 Å². The lowest BCUT2D eigenvalue weighted by molar-refractivity contribution is -0.133. The van der Waals surface area contributed by atoms with Crippen molar-refractivity contribution in [2.75, 3.05) is 19.7 Å². The van der Waals surface area contributed by atoms with Gasteiger partial charge in [0, 0.05) is 36.4 Å². The van der Waals surface area contributed by atoms with E-state index in [-0.39, 0.29) is 35.9 Å². The smallest absolute Gasteiger partial charge is 0.416 e. The molecule has 31 heavy (non-hydrogen) atoms. The first-order valence-corrected chi connectivity index (χ1v) is 11.0. The fourth-order valence-electron chi connectivity index (χ4n) is 4.45. The Labute approximate surface area is 188 Å². The van der Waals surface area contributed by atoms with Gasteiger partial charge in [0.05, 0.1) is 17.0 Å². The average Bonchev–Trinajstić information content (AvgIpc) is 3.33. The fourth-order valence-corrected chi connectivity index (χ4v) is 4.57. The maximum absolute atomic E-state index is 13.7. The quantitative estimate of drug-likeness (QED) is 0.713. The lowest BCUT2D eigenvalue weighted by atomic mass is 9.90. The van der Waals surface area contributed by atoms with Crippen LogP contribution in [0.25, 0.3) is 0 Å². The van der Waals surface area contributed by atoms with Gasteiger partial charge in [-0.05, 0) is 44.9 Å². The minimum Gasteiger partial charge on any atom is -0.447 e. The number of hydrogen-bond donors (Lipinski definition) is 0. The molecule has 6 nitrogen and oxygen atoms in total. The van der Waals surface area contributed by atoms with E-state index in [9.17, 15) is 9.59 Å². The topological polar surface area (TPSA) is 62.7 Å². The number of carbonyl (C=O) groups excluding carboxylic acids is 2. The standard InChI is InChI=1S/C24H28ClN3O3/c1-24(2,3)27-13-19(21-10-9-17(25)12-26-21)20(14-27)22(29)28-18(15-31-23(28)30)11-16-7-5-4-6-8-16/h4-10,12,18-20H,11,13-15H2,1-3H3/t18?,19-,20-/m1/s1. The Morgan fingerprint density at radius 3 is 2.55 bits per heavy atom. The summed E-state index contributed by atoms with van der Waals surface area (Å²) in [6.45, 7) is 7.89. The average molecular weight is 442 g/mol. The van der Waals surface area contributed by atoms with Crippen molar-refractivity contribution in [1.82, 2.24) is 14.8 Å². The highest BCUT2D eigenvalue weighted by molar-refractivity contribution is 6.30. The Hall–Kier alpha value is -2.44. The van der Waals surface area contributed by atoms with Gasteiger partial charge in [0.25, 0.3) is 0 Å². The highest BCUT2D eigenvalue weighted by Gasteiger charge is 2.48. The van der Waals surface area contributed by atoms with Crippen LogP contribution >= 0.6 is 11.6 Å². The molecule has 1 aromatic carbocycles. The molecule has 2 saturated heterocycles. The number of cyclic esters (lactones) is 1. The summed E-state index contributed by atoms with van der Waals surface area (Å²) >= 11 is 6.03. The van der Waals surface area contributed by atoms with Crippen molar-refractivity contribution in [2.24, 2.45) is 5.92 Å². The van der Waals surface area contributed by atoms with Gasteiger partial charge in [-0.3, -0.25) is 14.7 Å². The molecule has 0 spiro atoms. The summed E-state index contributed by atoms with van der Waals surface area (Å²) in [5.74, 6) is -0.677. The number of pyridine rings is 1.